The number of alkyl carbamates (subject to hydrolysis) is 1. The summed E-state index contributed by atoms with van der Waals surface area (Å²) >= 11 is 0. The highest BCUT2D eigenvalue weighted by molar-refractivity contribution is 5.97. The van der Waals surface area contributed by atoms with Crippen LogP contribution in [-0.4, -0.2) is 138 Å². The van der Waals surface area contributed by atoms with E-state index in [2.05, 4.69) is 92.9 Å². The van der Waals surface area contributed by atoms with Crippen molar-refractivity contribution in [1.82, 2.24) is 47.9 Å². The Morgan fingerprint density at radius 1 is 0.557 bits per heavy atom. The molecule has 2 aromatic rings. The number of rotatable bonds is 33. The first-order valence-corrected chi connectivity index (χ1v) is 28.8. The van der Waals surface area contributed by atoms with Gasteiger partial charge in [-0.3, -0.25) is 28.8 Å². The van der Waals surface area contributed by atoms with E-state index in [4.69, 9.17) is 21.9 Å². The van der Waals surface area contributed by atoms with Gasteiger partial charge in [-0.15, -0.1) is 0 Å². The Labute approximate surface area is 474 Å². The number of benzene rings is 2. The lowest BCUT2D eigenvalue weighted by Crippen LogP contribution is -2.57. The molecule has 0 radical (unpaired) electrons. The van der Waals surface area contributed by atoms with Crippen LogP contribution in [0.1, 0.15) is 175 Å². The predicted molar refractivity (Wildman–Crippen MR) is 319 cm³/mol. The van der Waals surface area contributed by atoms with Crippen LogP contribution in [0.4, 0.5) is 4.79 Å². The van der Waals surface area contributed by atoms with E-state index in [1.807, 2.05) is 38.1 Å². The number of unbranched alkanes of at least 4 members (excludes halogenated alkanes) is 7. The average Bonchev–Trinajstić information content (AvgIpc) is 4.32. The van der Waals surface area contributed by atoms with Gasteiger partial charge in [-0.05, 0) is 67.2 Å². The lowest BCUT2D eigenvalue weighted by Gasteiger charge is -2.23. The zero-order valence-electron chi connectivity index (χ0n) is 48.8. The SMILES string of the molecule is C.CCCCC[C@H](N)C(=O)NC.CCCCC[C@H](NCCN)C(=O)NC.CCCCC[C@H](NCCNC(=O)[C@@H](CC)NC(=O)C1(NC(=O)[C@@H](N)CCCC)CC1)C(=O)NC.CNC(=O)OCC1c2ccccc2-c2ccccc21. The van der Waals surface area contributed by atoms with Gasteiger partial charge in [0, 0.05) is 60.3 Å². The Bertz CT molecular complexity index is 2010. The van der Waals surface area contributed by atoms with Crippen molar-refractivity contribution in [3.05, 3.63) is 59.7 Å². The molecule has 0 heterocycles. The molecular formula is C59H106N12O8. The number of nitrogens with one attached hydrogen (secondary N) is 9. The highest BCUT2D eigenvalue weighted by atomic mass is 16.5. The van der Waals surface area contributed by atoms with Gasteiger partial charge in [-0.2, -0.15) is 0 Å². The van der Waals surface area contributed by atoms with E-state index in [0.717, 1.165) is 70.6 Å². The van der Waals surface area contributed by atoms with E-state index in [0.29, 0.717) is 58.5 Å². The van der Waals surface area contributed by atoms with Crippen LogP contribution in [0, 0.1) is 0 Å². The summed E-state index contributed by atoms with van der Waals surface area (Å²) in [6.07, 6.45) is 15.8. The molecule has 0 aliphatic heterocycles. The van der Waals surface area contributed by atoms with Crippen molar-refractivity contribution in [3.63, 3.8) is 0 Å². The summed E-state index contributed by atoms with van der Waals surface area (Å²) in [5.74, 6) is -0.886. The molecule has 1 fully saturated rings. The Balaban J connectivity index is 0.00000113. The molecule has 4 rings (SSSR count). The number of hydrogen-bond donors (Lipinski definition) is 12. The molecule has 1 saturated carbocycles. The molecule has 20 heteroatoms. The fraction of sp³-hybridized carbons (Fsp3) is 0.678. The van der Waals surface area contributed by atoms with Gasteiger partial charge in [-0.25, -0.2) is 4.79 Å². The molecule has 2 aromatic carbocycles. The third kappa shape index (κ3) is 27.9. The minimum Gasteiger partial charge on any atom is -0.449 e. The van der Waals surface area contributed by atoms with Crippen molar-refractivity contribution in [3.8, 4) is 11.1 Å². The molecule has 2 aliphatic carbocycles. The Morgan fingerprint density at radius 3 is 1.46 bits per heavy atom. The van der Waals surface area contributed by atoms with Gasteiger partial charge in [0.25, 0.3) is 0 Å². The predicted octanol–water partition coefficient (Wildman–Crippen LogP) is 5.11. The highest BCUT2D eigenvalue weighted by Gasteiger charge is 2.52. The zero-order chi connectivity index (χ0) is 58.3. The van der Waals surface area contributed by atoms with Gasteiger partial charge in [0.2, 0.25) is 35.4 Å². The fourth-order valence-corrected chi connectivity index (χ4v) is 8.68. The zero-order valence-corrected chi connectivity index (χ0v) is 48.8. The molecule has 0 saturated heterocycles. The number of ether oxygens (including phenoxy) is 1. The first kappa shape index (κ1) is 73.3. The second kappa shape index (κ2) is 43.2. The number of carbonyl (C=O) groups excluding carboxylic acids is 7. The van der Waals surface area contributed by atoms with E-state index >= 15 is 0 Å². The molecule has 0 aromatic heterocycles. The number of amides is 7. The maximum atomic E-state index is 12.8. The summed E-state index contributed by atoms with van der Waals surface area (Å²) < 4.78 is 5.24. The summed E-state index contributed by atoms with van der Waals surface area (Å²) in [4.78, 5) is 83.3. The van der Waals surface area contributed by atoms with E-state index in [1.54, 1.807) is 28.2 Å². The maximum Gasteiger partial charge on any atom is 0.406 e. The van der Waals surface area contributed by atoms with Gasteiger partial charge >= 0.3 is 6.09 Å². The van der Waals surface area contributed by atoms with Gasteiger partial charge in [-0.1, -0.05) is 161 Å². The summed E-state index contributed by atoms with van der Waals surface area (Å²) in [5, 5.41) is 25.0. The van der Waals surface area contributed by atoms with E-state index in [-0.39, 0.29) is 73.0 Å². The monoisotopic (exact) mass is 1110 g/mol. The van der Waals surface area contributed by atoms with Crippen molar-refractivity contribution in [2.24, 2.45) is 17.2 Å². The number of fused-ring (bicyclic) bond motifs is 3. The quantitative estimate of drug-likeness (QED) is 0.0414. The van der Waals surface area contributed by atoms with Crippen molar-refractivity contribution >= 4 is 41.5 Å². The van der Waals surface area contributed by atoms with Crippen LogP contribution in [0.3, 0.4) is 0 Å². The van der Waals surface area contributed by atoms with Crippen LogP contribution < -0.4 is 65.1 Å². The number of hydrogen-bond acceptors (Lipinski definition) is 13. The van der Waals surface area contributed by atoms with Crippen LogP contribution in [0.15, 0.2) is 48.5 Å². The average molecular weight is 1110 g/mol. The summed E-state index contributed by atoms with van der Waals surface area (Å²) in [5.41, 5.74) is 20.8. The Hall–Kier alpha value is -5.67. The van der Waals surface area contributed by atoms with E-state index < -0.39 is 17.6 Å². The molecule has 0 unspecified atom stereocenters. The van der Waals surface area contributed by atoms with Gasteiger partial charge < -0.3 is 69.8 Å². The lowest BCUT2D eigenvalue weighted by molar-refractivity contribution is -0.133. The minimum absolute atomic E-state index is 0. The number of likely N-dealkylation sites (N-methyl/N-ethyl adjacent to an activating group) is 3. The third-order valence-electron chi connectivity index (χ3n) is 13.7. The molecule has 0 bridgehead atoms. The smallest absolute Gasteiger partial charge is 0.406 e. The molecule has 7 amide bonds. The molecule has 2 aliphatic rings. The summed E-state index contributed by atoms with van der Waals surface area (Å²) in [6, 6.07) is 14.6. The molecule has 15 N–H and O–H groups in total. The molecule has 5 atom stereocenters. The first-order valence-electron chi connectivity index (χ1n) is 28.8. The normalized spacial score (nSPS) is 14.2. The van der Waals surface area contributed by atoms with Crippen molar-refractivity contribution in [1.29, 1.82) is 0 Å². The number of nitrogens with two attached hydrogens (primary N) is 3. The maximum absolute atomic E-state index is 12.8. The van der Waals surface area contributed by atoms with Crippen LogP contribution in [0.5, 0.6) is 0 Å². The standard InChI is InChI=1S/C24H46N6O4.C16H15NO2.C10H23N3O.C8H18N2O.CH4/c1-5-8-10-12-19(21(32)26-4)27-15-16-28-22(33)18(7-3)29-23(34)24(13-14-24)30-20(31)17(25)11-9-6-2;1-17-16(18)19-10-15-13-8-4-2-6-11(13)12-7-3-5-9-14(12)15;1-3-4-5-6-9(10(14)12-2)13-8-7-11;1-3-4-5-6-7(9)8(11)10-2;/h17-19,27H,5-16,25H2,1-4H3,(H,26,32)(H,28,33)(H,29,34)(H,30,31);2-9,15H,10H2,1H3,(H,17,18);9,13H,3-8,11H2,1-2H3,(H,12,14);7H,3-6,9H2,1-2H3,(H,10,11);1H4/t17-,18+,19-;;9-;7-;/m0.00./s1. The number of carbonyl (C=O) groups is 7. The molecule has 20 nitrogen and oxygen atoms in total. The summed E-state index contributed by atoms with van der Waals surface area (Å²) in [7, 11) is 6.46. The first-order chi connectivity index (χ1) is 37.5. The molecule has 79 heavy (non-hydrogen) atoms. The van der Waals surface area contributed by atoms with Gasteiger partial charge in [0.1, 0.15) is 18.2 Å². The minimum atomic E-state index is -0.963. The van der Waals surface area contributed by atoms with Gasteiger partial charge in [0.05, 0.1) is 24.2 Å². The van der Waals surface area contributed by atoms with Crippen LogP contribution in [0.2, 0.25) is 0 Å². The van der Waals surface area contributed by atoms with Crippen LogP contribution >= 0.6 is 0 Å². The Morgan fingerprint density at radius 2 is 1.01 bits per heavy atom. The van der Waals surface area contributed by atoms with Crippen molar-refractivity contribution in [2.45, 2.75) is 199 Å². The molecule has 0 spiro atoms. The van der Waals surface area contributed by atoms with Crippen LogP contribution in [-0.2, 0) is 33.5 Å². The fourth-order valence-electron chi connectivity index (χ4n) is 8.68. The lowest BCUT2D eigenvalue weighted by atomic mass is 9.98. The largest absolute Gasteiger partial charge is 0.449 e. The van der Waals surface area contributed by atoms with E-state index in [9.17, 15) is 33.6 Å². The third-order valence-corrected chi connectivity index (χ3v) is 13.7. The van der Waals surface area contributed by atoms with Gasteiger partial charge in [0.15, 0.2) is 0 Å². The molecular weight excluding hydrogens is 1000 g/mol. The van der Waals surface area contributed by atoms with E-state index in [1.165, 1.54) is 41.5 Å². The second-order valence-electron chi connectivity index (χ2n) is 19.9. The highest BCUT2D eigenvalue weighted by Crippen LogP contribution is 2.44. The van der Waals surface area contributed by atoms with Crippen LogP contribution in [0.25, 0.3) is 11.1 Å². The second-order valence-corrected chi connectivity index (χ2v) is 19.9. The van der Waals surface area contributed by atoms with Crippen molar-refractivity contribution < 1.29 is 38.3 Å². The summed E-state index contributed by atoms with van der Waals surface area (Å²) in [6.45, 7) is 12.7. The molecule has 450 valence electrons. The topological polar surface area (TPSA) is 315 Å². The Kier molecular flexibility index (Phi) is 40.1. The van der Waals surface area contributed by atoms with Crippen molar-refractivity contribution in [2.75, 3.05) is 61.0 Å².